The third kappa shape index (κ3) is 4.07. The molecular formula is C25H27N3O2. The molecule has 3 aromatic rings. The first-order valence-corrected chi connectivity index (χ1v) is 10.3. The van der Waals surface area contributed by atoms with Crippen molar-refractivity contribution >= 4 is 28.3 Å². The Balaban J connectivity index is 1.39. The van der Waals surface area contributed by atoms with Crippen molar-refractivity contribution in [3.8, 4) is 0 Å². The number of carbonyl (C=O) groups excluding carboxylic acids is 2. The lowest BCUT2D eigenvalue weighted by Gasteiger charge is -2.49. The van der Waals surface area contributed by atoms with Gasteiger partial charge in [0, 0.05) is 32.2 Å². The summed E-state index contributed by atoms with van der Waals surface area (Å²) in [6.45, 7) is 5.64. The average molecular weight is 402 g/mol. The summed E-state index contributed by atoms with van der Waals surface area (Å²) < 4.78 is 0. The van der Waals surface area contributed by atoms with Gasteiger partial charge in [-0.25, -0.2) is 0 Å². The average Bonchev–Trinajstić information content (AvgIpc) is 2.75. The monoisotopic (exact) mass is 401 g/mol. The summed E-state index contributed by atoms with van der Waals surface area (Å²) in [6, 6.07) is 22.2. The fraction of sp³-hybridized carbons (Fsp3) is 0.280. The largest absolute Gasteiger partial charge is 0.350 e. The lowest BCUT2D eigenvalue weighted by atomic mass is 9.85. The van der Waals surface area contributed by atoms with E-state index in [4.69, 9.17) is 0 Å². The van der Waals surface area contributed by atoms with E-state index < -0.39 is 5.54 Å². The van der Waals surface area contributed by atoms with E-state index in [1.807, 2.05) is 49.4 Å². The Morgan fingerprint density at radius 1 is 1.00 bits per heavy atom. The molecule has 1 fully saturated rings. The van der Waals surface area contributed by atoms with Crippen LogP contribution >= 0.6 is 0 Å². The van der Waals surface area contributed by atoms with Crippen molar-refractivity contribution in [3.05, 3.63) is 77.9 Å². The van der Waals surface area contributed by atoms with Gasteiger partial charge in [0.05, 0.1) is 5.54 Å². The number of hydrogen-bond acceptors (Lipinski definition) is 3. The highest BCUT2D eigenvalue weighted by molar-refractivity contribution is 5.89. The molecule has 0 aromatic heterocycles. The molecule has 2 N–H and O–H groups in total. The second kappa shape index (κ2) is 8.28. The molecular weight excluding hydrogens is 374 g/mol. The number of hydrogen-bond donors (Lipinski definition) is 2. The van der Waals surface area contributed by atoms with Gasteiger partial charge < -0.3 is 10.6 Å². The molecule has 1 heterocycles. The minimum Gasteiger partial charge on any atom is -0.350 e. The third-order valence-electron chi connectivity index (χ3n) is 6.02. The highest BCUT2D eigenvalue weighted by Crippen LogP contribution is 2.32. The zero-order valence-corrected chi connectivity index (χ0v) is 17.4. The van der Waals surface area contributed by atoms with Gasteiger partial charge in [-0.3, -0.25) is 14.5 Å². The first-order valence-electron chi connectivity index (χ1n) is 10.3. The zero-order chi connectivity index (χ0) is 21.1. The minimum absolute atomic E-state index is 0.0663. The summed E-state index contributed by atoms with van der Waals surface area (Å²) in [5.41, 5.74) is 2.53. The van der Waals surface area contributed by atoms with Crippen LogP contribution in [0.3, 0.4) is 0 Å². The molecule has 5 heteroatoms. The summed E-state index contributed by atoms with van der Waals surface area (Å²) >= 11 is 0. The molecule has 0 radical (unpaired) electrons. The molecule has 154 valence electrons. The van der Waals surface area contributed by atoms with Gasteiger partial charge >= 0.3 is 0 Å². The fourth-order valence-electron chi connectivity index (χ4n) is 4.05. The van der Waals surface area contributed by atoms with Crippen molar-refractivity contribution in [2.24, 2.45) is 0 Å². The first-order chi connectivity index (χ1) is 14.5. The van der Waals surface area contributed by atoms with Gasteiger partial charge in [0.2, 0.25) is 11.8 Å². The first kappa shape index (κ1) is 20.1. The van der Waals surface area contributed by atoms with Gasteiger partial charge in [0.15, 0.2) is 0 Å². The molecule has 5 nitrogen and oxygen atoms in total. The summed E-state index contributed by atoms with van der Waals surface area (Å²) in [4.78, 5) is 26.4. The Bertz CT molecular complexity index is 1070. The lowest BCUT2D eigenvalue weighted by molar-refractivity contribution is -0.142. The molecule has 0 aliphatic carbocycles. The zero-order valence-electron chi connectivity index (χ0n) is 17.4. The van der Waals surface area contributed by atoms with E-state index in [0.717, 1.165) is 29.8 Å². The van der Waals surface area contributed by atoms with E-state index in [1.54, 1.807) is 0 Å². The molecule has 4 rings (SSSR count). The fourth-order valence-corrected chi connectivity index (χ4v) is 4.05. The molecule has 1 aliphatic heterocycles. The molecule has 1 unspecified atom stereocenters. The SMILES string of the molecule is CC(=O)Nc1ccc(CN2CCC2(C)C(=O)NCc2cccc3ccccc23)cc1. The number of anilines is 1. The maximum atomic E-state index is 13.0. The van der Waals surface area contributed by atoms with Gasteiger partial charge in [-0.2, -0.15) is 0 Å². The quantitative estimate of drug-likeness (QED) is 0.654. The van der Waals surface area contributed by atoms with Crippen LogP contribution in [-0.4, -0.2) is 28.8 Å². The van der Waals surface area contributed by atoms with E-state index in [-0.39, 0.29) is 11.8 Å². The van der Waals surface area contributed by atoms with E-state index >= 15 is 0 Å². The predicted molar refractivity (Wildman–Crippen MR) is 120 cm³/mol. The second-order valence-corrected chi connectivity index (χ2v) is 8.14. The van der Waals surface area contributed by atoms with E-state index in [1.165, 1.54) is 17.7 Å². The van der Waals surface area contributed by atoms with Crippen LogP contribution in [0.25, 0.3) is 10.8 Å². The number of nitrogens with one attached hydrogen (secondary N) is 2. The van der Waals surface area contributed by atoms with Crippen LogP contribution in [0.1, 0.15) is 31.4 Å². The molecule has 0 spiro atoms. The highest BCUT2D eigenvalue weighted by atomic mass is 16.2. The number of likely N-dealkylation sites (tertiary alicyclic amines) is 1. The normalized spacial score (nSPS) is 18.6. The van der Waals surface area contributed by atoms with Crippen LogP contribution in [0.2, 0.25) is 0 Å². The third-order valence-corrected chi connectivity index (χ3v) is 6.02. The molecule has 30 heavy (non-hydrogen) atoms. The van der Waals surface area contributed by atoms with E-state index in [0.29, 0.717) is 13.1 Å². The van der Waals surface area contributed by atoms with Crippen molar-refractivity contribution < 1.29 is 9.59 Å². The van der Waals surface area contributed by atoms with Gasteiger partial charge in [0.1, 0.15) is 0 Å². The van der Waals surface area contributed by atoms with Crippen LogP contribution in [0.5, 0.6) is 0 Å². The number of carbonyl (C=O) groups is 2. The summed E-state index contributed by atoms with van der Waals surface area (Å²) in [7, 11) is 0. The Morgan fingerprint density at radius 2 is 1.73 bits per heavy atom. The topological polar surface area (TPSA) is 61.4 Å². The minimum atomic E-state index is -0.499. The summed E-state index contributed by atoms with van der Waals surface area (Å²) in [5, 5.41) is 8.29. The van der Waals surface area contributed by atoms with Gasteiger partial charge in [-0.1, -0.05) is 54.6 Å². The maximum absolute atomic E-state index is 13.0. The number of rotatable bonds is 6. The lowest BCUT2D eigenvalue weighted by Crippen LogP contribution is -2.65. The molecule has 0 bridgehead atoms. The van der Waals surface area contributed by atoms with E-state index in [9.17, 15) is 9.59 Å². The number of amides is 2. The second-order valence-electron chi connectivity index (χ2n) is 8.14. The van der Waals surface area contributed by atoms with E-state index in [2.05, 4.69) is 39.8 Å². The number of benzene rings is 3. The van der Waals surface area contributed by atoms with Gasteiger partial charge in [-0.05, 0) is 47.4 Å². The molecule has 0 saturated carbocycles. The van der Waals surface area contributed by atoms with Gasteiger partial charge in [0.25, 0.3) is 0 Å². The van der Waals surface area contributed by atoms with Crippen molar-refractivity contribution in [1.82, 2.24) is 10.2 Å². The molecule has 3 aromatic carbocycles. The molecule has 2 amide bonds. The van der Waals surface area contributed by atoms with Crippen molar-refractivity contribution in [3.63, 3.8) is 0 Å². The predicted octanol–water partition coefficient (Wildman–Crippen LogP) is 4.08. The standard InChI is InChI=1S/C25H27N3O2/c1-18(29)27-22-12-10-19(11-13-22)17-28-15-14-25(28,2)24(30)26-16-21-8-5-7-20-6-3-4-9-23(20)21/h3-13H,14-17H2,1-2H3,(H,26,30)(H,27,29). The van der Waals surface area contributed by atoms with Crippen molar-refractivity contribution in [1.29, 1.82) is 0 Å². The number of fused-ring (bicyclic) bond motifs is 1. The summed E-state index contributed by atoms with van der Waals surface area (Å²) in [5.74, 6) is -0.0162. The molecule has 1 aliphatic rings. The Kier molecular flexibility index (Phi) is 5.55. The van der Waals surface area contributed by atoms with Crippen LogP contribution in [-0.2, 0) is 22.7 Å². The van der Waals surface area contributed by atoms with Crippen LogP contribution in [0.4, 0.5) is 5.69 Å². The number of nitrogens with zero attached hydrogens (tertiary/aromatic N) is 1. The Morgan fingerprint density at radius 3 is 2.43 bits per heavy atom. The van der Waals surface area contributed by atoms with Crippen molar-refractivity contribution in [2.75, 3.05) is 11.9 Å². The van der Waals surface area contributed by atoms with Crippen LogP contribution in [0.15, 0.2) is 66.7 Å². The Hall–Kier alpha value is -3.18. The van der Waals surface area contributed by atoms with Gasteiger partial charge in [-0.15, -0.1) is 0 Å². The Labute approximate surface area is 177 Å². The smallest absolute Gasteiger partial charge is 0.240 e. The van der Waals surface area contributed by atoms with Crippen LogP contribution in [0, 0.1) is 0 Å². The maximum Gasteiger partial charge on any atom is 0.240 e. The molecule has 1 atom stereocenters. The van der Waals surface area contributed by atoms with Crippen LogP contribution < -0.4 is 10.6 Å². The summed E-state index contributed by atoms with van der Waals surface area (Å²) in [6.07, 6.45) is 0.846. The highest BCUT2D eigenvalue weighted by Gasteiger charge is 2.46. The molecule has 1 saturated heterocycles. The van der Waals surface area contributed by atoms with Crippen molar-refractivity contribution in [2.45, 2.75) is 38.9 Å².